The van der Waals surface area contributed by atoms with Crippen LogP contribution in [0.3, 0.4) is 0 Å². The highest BCUT2D eigenvalue weighted by Gasteiger charge is 2.47. The Morgan fingerprint density at radius 3 is 2.25 bits per heavy atom. The van der Waals surface area contributed by atoms with Crippen LogP contribution in [-0.2, 0) is 23.9 Å². The Bertz CT molecular complexity index is 554. The Morgan fingerprint density at radius 1 is 1.08 bits per heavy atom. The maximum atomic E-state index is 12.2. The Labute approximate surface area is 140 Å². The van der Waals surface area contributed by atoms with Gasteiger partial charge in [0.05, 0.1) is 11.8 Å². The van der Waals surface area contributed by atoms with E-state index in [2.05, 4.69) is 5.32 Å². The quantitative estimate of drug-likeness (QED) is 0.450. The van der Waals surface area contributed by atoms with Gasteiger partial charge in [0.1, 0.15) is 6.54 Å². The molecule has 2 unspecified atom stereocenters. The maximum Gasteiger partial charge on any atom is 0.326 e. The second kappa shape index (κ2) is 7.15. The lowest BCUT2D eigenvalue weighted by Gasteiger charge is -2.15. The van der Waals surface area contributed by atoms with Gasteiger partial charge in [-0.25, -0.2) is 0 Å². The number of nitrogens with one attached hydrogen (secondary N) is 1. The van der Waals surface area contributed by atoms with Crippen LogP contribution >= 0.6 is 0 Å². The molecule has 2 atom stereocenters. The first-order chi connectivity index (χ1) is 11.6. The number of fused-ring (bicyclic) bond motifs is 1. The molecule has 2 fully saturated rings. The van der Waals surface area contributed by atoms with Crippen LogP contribution in [0.1, 0.15) is 38.5 Å². The van der Waals surface area contributed by atoms with Crippen LogP contribution in [0.25, 0.3) is 0 Å². The molecule has 0 spiro atoms. The second-order valence-electron chi connectivity index (χ2n) is 6.63. The minimum absolute atomic E-state index is 0.161. The highest BCUT2D eigenvalue weighted by molar-refractivity contribution is 6.07. The lowest BCUT2D eigenvalue weighted by molar-refractivity contribution is -0.155. The number of likely N-dealkylation sites (tertiary alicyclic amines) is 1. The second-order valence-corrected chi connectivity index (χ2v) is 6.63. The summed E-state index contributed by atoms with van der Waals surface area (Å²) >= 11 is 0. The lowest BCUT2D eigenvalue weighted by Crippen LogP contribution is -2.39. The molecule has 0 aromatic rings. The summed E-state index contributed by atoms with van der Waals surface area (Å²) in [5, 5.41) is 2.81. The number of allylic oxidation sites excluding steroid dienone is 2. The van der Waals surface area contributed by atoms with Crippen molar-refractivity contribution in [2.75, 3.05) is 13.2 Å². The van der Waals surface area contributed by atoms with Gasteiger partial charge in [0.15, 0.2) is 6.61 Å². The molecule has 1 heterocycles. The molecule has 7 nitrogen and oxygen atoms in total. The van der Waals surface area contributed by atoms with Crippen LogP contribution in [0, 0.1) is 11.8 Å². The van der Waals surface area contributed by atoms with Crippen molar-refractivity contribution in [1.29, 1.82) is 0 Å². The third kappa shape index (κ3) is 3.49. The van der Waals surface area contributed by atoms with Gasteiger partial charge < -0.3 is 10.1 Å². The van der Waals surface area contributed by atoms with Crippen LogP contribution < -0.4 is 5.32 Å². The molecule has 3 amide bonds. The average molecular weight is 334 g/mol. The van der Waals surface area contributed by atoms with Crippen LogP contribution in [0.4, 0.5) is 0 Å². The zero-order valence-corrected chi connectivity index (χ0v) is 13.5. The van der Waals surface area contributed by atoms with Crippen LogP contribution in [-0.4, -0.2) is 47.8 Å². The van der Waals surface area contributed by atoms with Crippen molar-refractivity contribution in [2.24, 2.45) is 11.8 Å². The Hall–Kier alpha value is -2.18. The van der Waals surface area contributed by atoms with E-state index in [1.54, 1.807) is 0 Å². The predicted octanol–water partition coefficient (Wildman–Crippen LogP) is 0.540. The third-order valence-electron chi connectivity index (χ3n) is 4.97. The Balaban J connectivity index is 1.45. The largest absolute Gasteiger partial charge is 0.454 e. The minimum atomic E-state index is -0.732. The Kier molecular flexibility index (Phi) is 4.97. The van der Waals surface area contributed by atoms with Gasteiger partial charge in [-0.15, -0.1) is 0 Å². The summed E-state index contributed by atoms with van der Waals surface area (Å²) in [6, 6.07) is 0.161. The van der Waals surface area contributed by atoms with Gasteiger partial charge in [-0.2, -0.15) is 0 Å². The molecule has 0 radical (unpaired) electrons. The molecular formula is C17H22N2O5. The predicted molar refractivity (Wildman–Crippen MR) is 83.4 cm³/mol. The maximum absolute atomic E-state index is 12.2. The summed E-state index contributed by atoms with van der Waals surface area (Å²) in [5.41, 5.74) is 0. The first kappa shape index (κ1) is 16.7. The molecule has 130 valence electrons. The molecule has 1 saturated carbocycles. The van der Waals surface area contributed by atoms with Gasteiger partial charge in [-0.1, -0.05) is 25.0 Å². The fourth-order valence-corrected chi connectivity index (χ4v) is 3.69. The smallest absolute Gasteiger partial charge is 0.326 e. The summed E-state index contributed by atoms with van der Waals surface area (Å²) < 4.78 is 4.91. The van der Waals surface area contributed by atoms with Gasteiger partial charge in [0.25, 0.3) is 5.91 Å². The van der Waals surface area contributed by atoms with E-state index in [9.17, 15) is 19.2 Å². The monoisotopic (exact) mass is 334 g/mol. The normalized spacial score (nSPS) is 26.6. The molecule has 1 aliphatic heterocycles. The van der Waals surface area contributed by atoms with E-state index < -0.39 is 12.5 Å². The highest BCUT2D eigenvalue weighted by Crippen LogP contribution is 2.34. The third-order valence-corrected chi connectivity index (χ3v) is 4.97. The molecule has 24 heavy (non-hydrogen) atoms. The number of amides is 3. The van der Waals surface area contributed by atoms with E-state index in [1.807, 2.05) is 12.2 Å². The summed E-state index contributed by atoms with van der Waals surface area (Å²) in [6.45, 7) is -0.790. The molecule has 1 saturated heterocycles. The number of rotatable bonds is 5. The fourth-order valence-electron chi connectivity index (χ4n) is 3.69. The van der Waals surface area contributed by atoms with Crippen LogP contribution in [0.15, 0.2) is 12.2 Å². The van der Waals surface area contributed by atoms with Crippen LogP contribution in [0.2, 0.25) is 0 Å². The van der Waals surface area contributed by atoms with Crippen molar-refractivity contribution in [1.82, 2.24) is 10.2 Å². The van der Waals surface area contributed by atoms with Crippen molar-refractivity contribution in [3.63, 3.8) is 0 Å². The van der Waals surface area contributed by atoms with E-state index in [0.717, 1.165) is 30.6 Å². The molecule has 0 bridgehead atoms. The molecule has 7 heteroatoms. The molecule has 0 aromatic heterocycles. The van der Waals surface area contributed by atoms with Gasteiger partial charge in [0.2, 0.25) is 11.8 Å². The topological polar surface area (TPSA) is 92.8 Å². The molecule has 3 aliphatic rings. The number of nitrogens with zero attached hydrogens (tertiary/aromatic N) is 1. The number of carbonyl (C=O) groups is 4. The summed E-state index contributed by atoms with van der Waals surface area (Å²) in [4.78, 5) is 49.1. The van der Waals surface area contributed by atoms with Gasteiger partial charge in [0, 0.05) is 6.04 Å². The summed E-state index contributed by atoms with van der Waals surface area (Å²) in [5.74, 6) is -2.43. The van der Waals surface area contributed by atoms with E-state index in [1.165, 1.54) is 0 Å². The summed E-state index contributed by atoms with van der Waals surface area (Å²) in [6.07, 6.45) is 8.95. The molecule has 0 aromatic carbocycles. The number of esters is 1. The van der Waals surface area contributed by atoms with Crippen molar-refractivity contribution in [3.05, 3.63) is 12.2 Å². The lowest BCUT2D eigenvalue weighted by atomic mass is 9.85. The van der Waals surface area contributed by atoms with Crippen molar-refractivity contribution in [2.45, 2.75) is 44.6 Å². The van der Waals surface area contributed by atoms with Crippen LogP contribution in [0.5, 0.6) is 0 Å². The van der Waals surface area contributed by atoms with Crippen molar-refractivity contribution < 1.29 is 23.9 Å². The zero-order valence-electron chi connectivity index (χ0n) is 13.5. The fraction of sp³-hybridized carbons (Fsp3) is 0.647. The van der Waals surface area contributed by atoms with Crippen molar-refractivity contribution in [3.8, 4) is 0 Å². The molecule has 2 aliphatic carbocycles. The van der Waals surface area contributed by atoms with E-state index >= 15 is 0 Å². The number of ether oxygens (including phenoxy) is 1. The number of carbonyl (C=O) groups excluding carboxylic acids is 4. The van der Waals surface area contributed by atoms with Crippen molar-refractivity contribution >= 4 is 23.7 Å². The van der Waals surface area contributed by atoms with Gasteiger partial charge in [-0.3, -0.25) is 24.1 Å². The molecule has 3 rings (SSSR count). The first-order valence-electron chi connectivity index (χ1n) is 8.51. The summed E-state index contributed by atoms with van der Waals surface area (Å²) in [7, 11) is 0. The number of imide groups is 1. The van der Waals surface area contributed by atoms with Gasteiger partial charge in [-0.05, 0) is 25.7 Å². The highest BCUT2D eigenvalue weighted by atomic mass is 16.5. The average Bonchev–Trinajstić information content (AvgIpc) is 3.16. The van der Waals surface area contributed by atoms with E-state index in [-0.39, 0.29) is 42.2 Å². The molecular weight excluding hydrogens is 312 g/mol. The van der Waals surface area contributed by atoms with Gasteiger partial charge >= 0.3 is 5.97 Å². The standard InChI is InChI=1S/C17H22N2O5/c20-14(18-11-5-1-2-6-11)10-24-15(21)9-19-16(22)12-7-3-4-8-13(12)17(19)23/h3-4,11-13H,1-2,5-10H2,(H,18,20). The number of hydrogen-bond donors (Lipinski definition) is 1. The Morgan fingerprint density at radius 2 is 1.67 bits per heavy atom. The number of hydrogen-bond acceptors (Lipinski definition) is 5. The van der Waals surface area contributed by atoms with E-state index in [0.29, 0.717) is 12.8 Å². The first-order valence-corrected chi connectivity index (χ1v) is 8.51. The molecule has 1 N–H and O–H groups in total. The minimum Gasteiger partial charge on any atom is -0.454 e. The SMILES string of the molecule is O=C(COC(=O)CN1C(=O)C2CC=CCC2C1=O)NC1CCCC1. The zero-order chi connectivity index (χ0) is 17.1. The van der Waals surface area contributed by atoms with E-state index in [4.69, 9.17) is 4.74 Å².